The Morgan fingerprint density at radius 1 is 0.930 bits per heavy atom. The monoisotopic (exact) mass is 611 g/mol. The number of nitrogens with one attached hydrogen (secondary N) is 1. The summed E-state index contributed by atoms with van der Waals surface area (Å²) in [5.41, 5.74) is 1.43. The first-order chi connectivity index (χ1) is 20.8. The number of hydrogen-bond donors (Lipinski definition) is 1. The van der Waals surface area contributed by atoms with Crippen LogP contribution in [0.2, 0.25) is 0 Å². The molecule has 4 rings (SSSR count). The van der Waals surface area contributed by atoms with Crippen molar-refractivity contribution in [1.82, 2.24) is 14.5 Å². The Balaban J connectivity index is 1.55. The molecule has 3 aromatic carbocycles. The van der Waals surface area contributed by atoms with Gasteiger partial charge in [0.1, 0.15) is 17.5 Å². The lowest BCUT2D eigenvalue weighted by Gasteiger charge is -2.31. The molecule has 43 heavy (non-hydrogen) atoms. The maximum atomic E-state index is 13.8. The normalized spacial score (nSPS) is 14.5. The number of sulfonamides is 1. The van der Waals surface area contributed by atoms with Crippen molar-refractivity contribution < 1.29 is 37.0 Å². The molecule has 1 aliphatic rings. The Hall–Kier alpha value is -3.97. The summed E-state index contributed by atoms with van der Waals surface area (Å²) in [7, 11) is -0.548. The fourth-order valence-electron chi connectivity index (χ4n) is 4.60. The van der Waals surface area contributed by atoms with Crippen LogP contribution in [0.25, 0.3) is 0 Å². The third kappa shape index (κ3) is 8.54. The predicted molar refractivity (Wildman–Crippen MR) is 159 cm³/mol. The summed E-state index contributed by atoms with van der Waals surface area (Å²) >= 11 is 0. The first-order valence-corrected chi connectivity index (χ1v) is 15.3. The third-order valence-electron chi connectivity index (χ3n) is 6.91. The topological polar surface area (TPSA) is 124 Å². The average molecular weight is 612 g/mol. The number of nitrogens with zero attached hydrogens (tertiary/aromatic N) is 2. The molecule has 2 amide bonds. The van der Waals surface area contributed by atoms with E-state index < -0.39 is 22.0 Å². The molecule has 230 valence electrons. The molecule has 1 N–H and O–H groups in total. The Bertz CT molecular complexity index is 1430. The molecule has 1 aliphatic heterocycles. The molecule has 0 saturated carbocycles. The van der Waals surface area contributed by atoms with Gasteiger partial charge in [-0.25, -0.2) is 8.42 Å². The van der Waals surface area contributed by atoms with Crippen LogP contribution in [0.4, 0.5) is 0 Å². The maximum Gasteiger partial charge on any atom is 0.261 e. The van der Waals surface area contributed by atoms with Crippen LogP contribution in [0.3, 0.4) is 0 Å². The number of methoxy groups -OCH3 is 2. The second kappa shape index (κ2) is 15.5. The van der Waals surface area contributed by atoms with Crippen LogP contribution in [-0.4, -0.2) is 89.7 Å². The zero-order chi connectivity index (χ0) is 30.7. The predicted octanol–water partition coefficient (Wildman–Crippen LogP) is 2.63. The first-order valence-electron chi connectivity index (χ1n) is 13.9. The van der Waals surface area contributed by atoms with Gasteiger partial charge in [0, 0.05) is 33.3 Å². The number of benzene rings is 3. The van der Waals surface area contributed by atoms with Crippen LogP contribution in [0.15, 0.2) is 83.8 Å². The lowest BCUT2D eigenvalue weighted by molar-refractivity contribution is -0.143. The van der Waals surface area contributed by atoms with E-state index in [9.17, 15) is 18.0 Å². The van der Waals surface area contributed by atoms with E-state index in [4.69, 9.17) is 18.9 Å². The summed E-state index contributed by atoms with van der Waals surface area (Å²) in [5, 5.41) is 2.86. The van der Waals surface area contributed by atoms with E-state index in [1.54, 1.807) is 38.5 Å². The smallest absolute Gasteiger partial charge is 0.261 e. The van der Waals surface area contributed by atoms with Gasteiger partial charge in [-0.1, -0.05) is 42.5 Å². The van der Waals surface area contributed by atoms with Gasteiger partial charge in [-0.3, -0.25) is 9.59 Å². The Morgan fingerprint density at radius 2 is 1.58 bits per heavy atom. The highest BCUT2D eigenvalue weighted by atomic mass is 32.2. The minimum atomic E-state index is -3.66. The Kier molecular flexibility index (Phi) is 11.5. The quantitative estimate of drug-likeness (QED) is 0.276. The Morgan fingerprint density at radius 3 is 2.21 bits per heavy atom. The van der Waals surface area contributed by atoms with Crippen molar-refractivity contribution in [2.45, 2.75) is 17.5 Å². The molecule has 0 bridgehead atoms. The summed E-state index contributed by atoms with van der Waals surface area (Å²) in [6.07, 6.45) is 0. The number of morpholine rings is 1. The van der Waals surface area contributed by atoms with E-state index in [1.165, 1.54) is 33.5 Å². The zero-order valence-electron chi connectivity index (χ0n) is 24.3. The van der Waals surface area contributed by atoms with E-state index in [0.717, 1.165) is 5.56 Å². The number of amides is 2. The summed E-state index contributed by atoms with van der Waals surface area (Å²) in [6.45, 7) is 1.63. The van der Waals surface area contributed by atoms with Crippen LogP contribution < -0.4 is 14.8 Å². The molecule has 1 heterocycles. The molecule has 1 unspecified atom stereocenters. The molecule has 1 atom stereocenters. The molecule has 11 nitrogen and oxygen atoms in total. The highest BCUT2D eigenvalue weighted by molar-refractivity contribution is 7.89. The van der Waals surface area contributed by atoms with Crippen molar-refractivity contribution in [2.75, 3.05) is 60.3 Å². The van der Waals surface area contributed by atoms with E-state index in [1.807, 2.05) is 30.3 Å². The average Bonchev–Trinajstić information content (AvgIpc) is 3.05. The number of ether oxygens (including phenoxy) is 4. The SMILES string of the molecule is COCCNC(=O)C(c1ccccc1)N(Cc1ccc(OC)cc1)C(=O)COc1ccc(S(=O)(=O)N2CCOCC2)cc1. The van der Waals surface area contributed by atoms with E-state index in [-0.39, 0.29) is 30.5 Å². The van der Waals surface area contributed by atoms with E-state index in [0.29, 0.717) is 50.0 Å². The Labute approximate surface area is 252 Å². The highest BCUT2D eigenvalue weighted by Gasteiger charge is 2.32. The van der Waals surface area contributed by atoms with Crippen molar-refractivity contribution in [2.24, 2.45) is 0 Å². The fourth-order valence-corrected chi connectivity index (χ4v) is 6.01. The molecule has 0 aliphatic carbocycles. The third-order valence-corrected chi connectivity index (χ3v) is 8.82. The van der Waals surface area contributed by atoms with Crippen molar-refractivity contribution in [3.05, 3.63) is 90.0 Å². The van der Waals surface area contributed by atoms with Crippen LogP contribution >= 0.6 is 0 Å². The van der Waals surface area contributed by atoms with Gasteiger partial charge in [-0.05, 0) is 47.5 Å². The van der Waals surface area contributed by atoms with Crippen molar-refractivity contribution in [3.63, 3.8) is 0 Å². The molecule has 1 saturated heterocycles. The minimum Gasteiger partial charge on any atom is -0.497 e. The molecular weight excluding hydrogens is 574 g/mol. The van der Waals surface area contributed by atoms with E-state index >= 15 is 0 Å². The molecule has 0 spiro atoms. The number of rotatable bonds is 14. The standard InChI is InChI=1S/C31H37N3O8S/c1-39-19-16-32-31(36)30(25-6-4-3-5-7-25)34(22-24-8-10-26(40-2)11-9-24)29(35)23-42-27-12-14-28(15-13-27)43(37,38)33-17-20-41-21-18-33/h3-15,30H,16-23H2,1-2H3,(H,32,36). The summed E-state index contributed by atoms with van der Waals surface area (Å²) in [4.78, 5) is 28.9. The molecule has 1 fully saturated rings. The van der Waals surface area contributed by atoms with Crippen molar-refractivity contribution in [1.29, 1.82) is 0 Å². The number of carbonyl (C=O) groups excluding carboxylic acids is 2. The van der Waals surface area contributed by atoms with E-state index in [2.05, 4.69) is 5.32 Å². The molecular formula is C31H37N3O8S. The molecule has 0 aromatic heterocycles. The van der Waals surface area contributed by atoms with Gasteiger partial charge >= 0.3 is 0 Å². The van der Waals surface area contributed by atoms with Crippen LogP contribution in [0.5, 0.6) is 11.5 Å². The van der Waals surface area contributed by atoms with Crippen molar-refractivity contribution in [3.8, 4) is 11.5 Å². The molecule has 0 radical (unpaired) electrons. The minimum absolute atomic E-state index is 0.125. The van der Waals surface area contributed by atoms with Crippen LogP contribution in [-0.2, 0) is 35.6 Å². The van der Waals surface area contributed by atoms with Crippen LogP contribution in [0, 0.1) is 0 Å². The highest BCUT2D eigenvalue weighted by Crippen LogP contribution is 2.26. The summed E-state index contributed by atoms with van der Waals surface area (Å²) in [5.74, 6) is 0.194. The van der Waals surface area contributed by atoms with Gasteiger partial charge in [0.25, 0.3) is 5.91 Å². The molecule has 3 aromatic rings. The number of hydrogen-bond acceptors (Lipinski definition) is 8. The first kappa shape index (κ1) is 32.0. The second-order valence-electron chi connectivity index (χ2n) is 9.74. The largest absolute Gasteiger partial charge is 0.497 e. The number of carbonyl (C=O) groups is 2. The van der Waals surface area contributed by atoms with Crippen LogP contribution in [0.1, 0.15) is 17.2 Å². The zero-order valence-corrected chi connectivity index (χ0v) is 25.1. The van der Waals surface area contributed by atoms with Gasteiger partial charge in [-0.2, -0.15) is 4.31 Å². The summed E-state index contributed by atoms with van der Waals surface area (Å²) < 4.78 is 48.7. The van der Waals surface area contributed by atoms with Gasteiger partial charge < -0.3 is 29.2 Å². The second-order valence-corrected chi connectivity index (χ2v) is 11.7. The fraction of sp³-hybridized carbons (Fsp3) is 0.355. The van der Waals surface area contributed by atoms with Gasteiger partial charge in [-0.15, -0.1) is 0 Å². The summed E-state index contributed by atoms with van der Waals surface area (Å²) in [6, 6.07) is 21.3. The lowest BCUT2D eigenvalue weighted by Crippen LogP contribution is -2.45. The molecule has 12 heteroatoms. The van der Waals surface area contributed by atoms with Gasteiger partial charge in [0.15, 0.2) is 6.61 Å². The maximum absolute atomic E-state index is 13.8. The van der Waals surface area contributed by atoms with Crippen molar-refractivity contribution >= 4 is 21.8 Å². The van der Waals surface area contributed by atoms with Gasteiger partial charge in [0.2, 0.25) is 15.9 Å². The van der Waals surface area contributed by atoms with Gasteiger partial charge in [0.05, 0.1) is 31.8 Å². The lowest BCUT2D eigenvalue weighted by atomic mass is 10.0.